The summed E-state index contributed by atoms with van der Waals surface area (Å²) in [4.78, 5) is 8.63. The summed E-state index contributed by atoms with van der Waals surface area (Å²) in [5.74, 6) is 1.52. The summed E-state index contributed by atoms with van der Waals surface area (Å²) in [5, 5.41) is 3.57. The molecule has 1 aliphatic rings. The number of rotatable bonds is 4. The van der Waals surface area contributed by atoms with Crippen LogP contribution in [0, 0.1) is 11.8 Å². The van der Waals surface area contributed by atoms with E-state index >= 15 is 0 Å². The third-order valence-corrected chi connectivity index (χ3v) is 3.68. The van der Waals surface area contributed by atoms with Crippen molar-refractivity contribution in [3.8, 4) is 0 Å². The molecule has 88 valence electrons. The van der Waals surface area contributed by atoms with Gasteiger partial charge in [-0.2, -0.15) is 0 Å². The molecule has 2 rings (SSSR count). The molecule has 0 bridgehead atoms. The maximum atomic E-state index is 4.45. The van der Waals surface area contributed by atoms with E-state index in [-0.39, 0.29) is 0 Å². The Hall–Kier alpha value is -0.960. The zero-order valence-electron chi connectivity index (χ0n) is 10.2. The van der Waals surface area contributed by atoms with Crippen molar-refractivity contribution in [1.29, 1.82) is 0 Å². The lowest BCUT2D eigenvalue weighted by atomic mass is 9.88. The Labute approximate surface area is 97.7 Å². The molecular formula is C13H21N3. The first kappa shape index (κ1) is 11.5. The van der Waals surface area contributed by atoms with Crippen LogP contribution in [-0.2, 0) is 0 Å². The van der Waals surface area contributed by atoms with Gasteiger partial charge in [-0.05, 0) is 24.8 Å². The van der Waals surface area contributed by atoms with Crippen molar-refractivity contribution in [3.05, 3.63) is 24.3 Å². The lowest BCUT2D eigenvalue weighted by Crippen LogP contribution is -2.30. The lowest BCUT2D eigenvalue weighted by molar-refractivity contribution is 0.300. The number of hydrogen-bond donors (Lipinski definition) is 1. The summed E-state index contributed by atoms with van der Waals surface area (Å²) in [6, 6.07) is 0.385. The van der Waals surface area contributed by atoms with E-state index in [4.69, 9.17) is 0 Å². The standard InChI is InChI=1S/C13H21N3/c1-3-15-13(11-6-4-5-10(11)2)12-9-14-7-8-16-12/h7-11,13,15H,3-6H2,1-2H3. The van der Waals surface area contributed by atoms with Gasteiger partial charge in [0.05, 0.1) is 11.7 Å². The van der Waals surface area contributed by atoms with E-state index in [9.17, 15) is 0 Å². The molecule has 3 atom stereocenters. The van der Waals surface area contributed by atoms with Gasteiger partial charge in [0.25, 0.3) is 0 Å². The number of aromatic nitrogens is 2. The molecule has 0 saturated heterocycles. The molecule has 1 aliphatic carbocycles. The second kappa shape index (κ2) is 5.39. The summed E-state index contributed by atoms with van der Waals surface area (Å²) in [7, 11) is 0. The average Bonchev–Trinajstić information content (AvgIpc) is 2.73. The Bertz CT molecular complexity index is 312. The van der Waals surface area contributed by atoms with Crippen molar-refractivity contribution in [2.45, 2.75) is 39.2 Å². The molecule has 1 saturated carbocycles. The molecule has 3 nitrogen and oxygen atoms in total. The van der Waals surface area contributed by atoms with Gasteiger partial charge in [-0.25, -0.2) is 0 Å². The normalized spacial score (nSPS) is 26.9. The smallest absolute Gasteiger partial charge is 0.0758 e. The maximum Gasteiger partial charge on any atom is 0.0758 e. The molecule has 1 fully saturated rings. The van der Waals surface area contributed by atoms with Gasteiger partial charge in [-0.3, -0.25) is 9.97 Å². The fourth-order valence-electron chi connectivity index (χ4n) is 2.84. The number of nitrogens with one attached hydrogen (secondary N) is 1. The van der Waals surface area contributed by atoms with Gasteiger partial charge in [-0.1, -0.05) is 26.7 Å². The molecule has 3 unspecified atom stereocenters. The van der Waals surface area contributed by atoms with E-state index in [2.05, 4.69) is 29.1 Å². The highest BCUT2D eigenvalue weighted by atomic mass is 15.0. The van der Waals surface area contributed by atoms with Crippen LogP contribution >= 0.6 is 0 Å². The molecule has 16 heavy (non-hydrogen) atoms. The largest absolute Gasteiger partial charge is 0.309 e. The monoisotopic (exact) mass is 219 g/mol. The average molecular weight is 219 g/mol. The summed E-state index contributed by atoms with van der Waals surface area (Å²) in [6.45, 7) is 5.51. The first-order chi connectivity index (χ1) is 7.83. The second-order valence-corrected chi connectivity index (χ2v) is 4.74. The summed E-state index contributed by atoms with van der Waals surface area (Å²) < 4.78 is 0. The summed E-state index contributed by atoms with van der Waals surface area (Å²) >= 11 is 0. The minimum Gasteiger partial charge on any atom is -0.309 e. The third kappa shape index (κ3) is 2.40. The topological polar surface area (TPSA) is 37.8 Å². The van der Waals surface area contributed by atoms with Gasteiger partial charge >= 0.3 is 0 Å². The van der Waals surface area contributed by atoms with E-state index in [0.29, 0.717) is 6.04 Å². The summed E-state index contributed by atoms with van der Waals surface area (Å²) in [6.07, 6.45) is 9.46. The molecule has 1 aromatic heterocycles. The Kier molecular flexibility index (Phi) is 3.88. The van der Waals surface area contributed by atoms with Gasteiger partial charge in [0.1, 0.15) is 0 Å². The Morgan fingerprint density at radius 1 is 1.44 bits per heavy atom. The highest BCUT2D eigenvalue weighted by Crippen LogP contribution is 2.39. The van der Waals surface area contributed by atoms with Crippen molar-refractivity contribution in [3.63, 3.8) is 0 Å². The molecule has 1 heterocycles. The Balaban J connectivity index is 2.16. The molecule has 0 aromatic carbocycles. The highest BCUT2D eigenvalue weighted by molar-refractivity contribution is 5.06. The van der Waals surface area contributed by atoms with Crippen molar-refractivity contribution in [2.24, 2.45) is 11.8 Å². The minimum atomic E-state index is 0.385. The first-order valence-electron chi connectivity index (χ1n) is 6.32. The van der Waals surface area contributed by atoms with Crippen LogP contribution in [-0.4, -0.2) is 16.5 Å². The lowest BCUT2D eigenvalue weighted by Gasteiger charge is -2.26. The number of nitrogens with zero attached hydrogens (tertiary/aromatic N) is 2. The van der Waals surface area contributed by atoms with Crippen LogP contribution in [0.1, 0.15) is 44.8 Å². The predicted octanol–water partition coefficient (Wildman–Crippen LogP) is 2.56. The quantitative estimate of drug-likeness (QED) is 0.845. The van der Waals surface area contributed by atoms with E-state index in [1.807, 2.05) is 6.20 Å². The number of hydrogen-bond acceptors (Lipinski definition) is 3. The van der Waals surface area contributed by atoms with Crippen LogP contribution in [0.2, 0.25) is 0 Å². The molecule has 0 aliphatic heterocycles. The second-order valence-electron chi connectivity index (χ2n) is 4.74. The van der Waals surface area contributed by atoms with E-state index in [0.717, 1.165) is 24.1 Å². The van der Waals surface area contributed by atoms with Gasteiger partial charge in [-0.15, -0.1) is 0 Å². The molecule has 0 amide bonds. The van der Waals surface area contributed by atoms with Crippen molar-refractivity contribution in [1.82, 2.24) is 15.3 Å². The van der Waals surface area contributed by atoms with Crippen LogP contribution in [0.25, 0.3) is 0 Å². The highest BCUT2D eigenvalue weighted by Gasteiger charge is 2.32. The van der Waals surface area contributed by atoms with Crippen molar-refractivity contribution in [2.75, 3.05) is 6.54 Å². The Morgan fingerprint density at radius 3 is 2.88 bits per heavy atom. The van der Waals surface area contributed by atoms with Crippen LogP contribution in [0.15, 0.2) is 18.6 Å². The van der Waals surface area contributed by atoms with Gasteiger partial charge in [0.2, 0.25) is 0 Å². The first-order valence-corrected chi connectivity index (χ1v) is 6.32. The van der Waals surface area contributed by atoms with Crippen molar-refractivity contribution >= 4 is 0 Å². The molecule has 0 spiro atoms. The zero-order valence-corrected chi connectivity index (χ0v) is 10.2. The Morgan fingerprint density at radius 2 is 2.31 bits per heavy atom. The fraction of sp³-hybridized carbons (Fsp3) is 0.692. The van der Waals surface area contributed by atoms with E-state index in [1.54, 1.807) is 12.4 Å². The minimum absolute atomic E-state index is 0.385. The predicted molar refractivity (Wildman–Crippen MR) is 65.0 cm³/mol. The SMILES string of the molecule is CCNC(c1cnccn1)C1CCCC1C. The molecule has 3 heteroatoms. The van der Waals surface area contributed by atoms with Gasteiger partial charge in [0.15, 0.2) is 0 Å². The van der Waals surface area contributed by atoms with Crippen molar-refractivity contribution < 1.29 is 0 Å². The van der Waals surface area contributed by atoms with Gasteiger partial charge < -0.3 is 5.32 Å². The molecule has 1 aromatic rings. The molecule has 1 N–H and O–H groups in total. The van der Waals surface area contributed by atoms with E-state index in [1.165, 1.54) is 19.3 Å². The van der Waals surface area contributed by atoms with Crippen LogP contribution in [0.5, 0.6) is 0 Å². The third-order valence-electron chi connectivity index (χ3n) is 3.68. The van der Waals surface area contributed by atoms with Gasteiger partial charge in [0, 0.05) is 18.6 Å². The molecule has 0 radical (unpaired) electrons. The zero-order chi connectivity index (χ0) is 11.4. The molecular weight excluding hydrogens is 198 g/mol. The van der Waals surface area contributed by atoms with Crippen LogP contribution < -0.4 is 5.32 Å². The van der Waals surface area contributed by atoms with Crippen LogP contribution in [0.3, 0.4) is 0 Å². The maximum absolute atomic E-state index is 4.45. The summed E-state index contributed by atoms with van der Waals surface area (Å²) in [5.41, 5.74) is 1.10. The fourth-order valence-corrected chi connectivity index (χ4v) is 2.84. The van der Waals surface area contributed by atoms with E-state index < -0.39 is 0 Å². The van der Waals surface area contributed by atoms with Crippen LogP contribution in [0.4, 0.5) is 0 Å².